The molecular weight excluding hydrogens is 316 g/mol. The van der Waals surface area contributed by atoms with Crippen molar-refractivity contribution in [3.63, 3.8) is 0 Å². The van der Waals surface area contributed by atoms with Crippen LogP contribution in [0.4, 0.5) is 0 Å². The van der Waals surface area contributed by atoms with Crippen LogP contribution in [0.25, 0.3) is 6.08 Å². The summed E-state index contributed by atoms with van der Waals surface area (Å²) in [5.41, 5.74) is 7.73. The molecule has 0 saturated carbocycles. The van der Waals surface area contributed by atoms with Gasteiger partial charge in [0.05, 0.1) is 5.69 Å². The molecule has 1 aromatic carbocycles. The van der Waals surface area contributed by atoms with Gasteiger partial charge in [-0.3, -0.25) is 25.1 Å². The van der Waals surface area contributed by atoms with Gasteiger partial charge in [0.25, 0.3) is 11.8 Å². The zero-order chi connectivity index (χ0) is 17.0. The summed E-state index contributed by atoms with van der Waals surface area (Å²) in [6.07, 6.45) is 3.01. The van der Waals surface area contributed by atoms with Crippen LogP contribution < -0.4 is 10.9 Å². The van der Waals surface area contributed by atoms with Crippen molar-refractivity contribution in [3.8, 4) is 0 Å². The average Bonchev–Trinajstić information content (AvgIpc) is 2.76. The van der Waals surface area contributed by atoms with Gasteiger partial charge in [0.15, 0.2) is 0 Å². The van der Waals surface area contributed by atoms with Crippen molar-refractivity contribution in [2.45, 2.75) is 13.8 Å². The van der Waals surface area contributed by atoms with E-state index in [0.717, 1.165) is 17.0 Å². The molecule has 0 aliphatic rings. The topological polar surface area (TPSA) is 76.0 Å². The van der Waals surface area contributed by atoms with Crippen LogP contribution >= 0.6 is 11.6 Å². The third-order valence-corrected chi connectivity index (χ3v) is 3.62. The Morgan fingerprint density at radius 1 is 1.17 bits per heavy atom. The van der Waals surface area contributed by atoms with Crippen molar-refractivity contribution in [2.75, 3.05) is 0 Å². The predicted octanol–water partition coefficient (Wildman–Crippen LogP) is 2.16. The molecule has 0 fully saturated rings. The second-order valence-corrected chi connectivity index (χ2v) is 5.43. The van der Waals surface area contributed by atoms with Gasteiger partial charge in [0.2, 0.25) is 0 Å². The number of hydrogen-bond donors (Lipinski definition) is 2. The van der Waals surface area contributed by atoms with E-state index >= 15 is 0 Å². The van der Waals surface area contributed by atoms with E-state index in [1.807, 2.05) is 20.9 Å². The molecule has 0 aliphatic carbocycles. The lowest BCUT2D eigenvalue weighted by atomic mass is 10.2. The molecule has 120 valence electrons. The molecule has 1 aromatic heterocycles. The van der Waals surface area contributed by atoms with Gasteiger partial charge in [-0.2, -0.15) is 5.10 Å². The Hall–Kier alpha value is -2.60. The summed E-state index contributed by atoms with van der Waals surface area (Å²) in [6.45, 7) is 3.78. The fraction of sp³-hybridized carbons (Fsp3) is 0.188. The standard InChI is InChI=1S/C16H17ClN4O2/c1-10-14(11(2)21(3)20-10)8-9-15(22)18-19-16(23)12-4-6-13(17)7-5-12/h4-9H,1-3H3,(H,18,22)(H,19,23)/b9-8+. The predicted molar refractivity (Wildman–Crippen MR) is 88.8 cm³/mol. The van der Waals surface area contributed by atoms with Crippen LogP contribution in [0.3, 0.4) is 0 Å². The van der Waals surface area contributed by atoms with E-state index in [9.17, 15) is 9.59 Å². The Kier molecular flexibility index (Phi) is 5.18. The zero-order valence-corrected chi connectivity index (χ0v) is 13.8. The normalized spacial score (nSPS) is 10.8. The Morgan fingerprint density at radius 2 is 1.83 bits per heavy atom. The van der Waals surface area contributed by atoms with E-state index in [-0.39, 0.29) is 0 Å². The Labute approximate surface area is 139 Å². The number of benzene rings is 1. The lowest BCUT2D eigenvalue weighted by Crippen LogP contribution is -2.40. The Morgan fingerprint density at radius 3 is 2.39 bits per heavy atom. The minimum Gasteiger partial charge on any atom is -0.272 e. The third kappa shape index (κ3) is 4.20. The van der Waals surface area contributed by atoms with Gasteiger partial charge in [-0.15, -0.1) is 0 Å². The number of amides is 2. The van der Waals surface area contributed by atoms with Gasteiger partial charge in [-0.05, 0) is 44.2 Å². The molecule has 2 N–H and O–H groups in total. The van der Waals surface area contributed by atoms with Crippen molar-refractivity contribution < 1.29 is 9.59 Å². The number of aryl methyl sites for hydroxylation is 2. The molecule has 2 amide bonds. The highest BCUT2D eigenvalue weighted by molar-refractivity contribution is 6.30. The van der Waals surface area contributed by atoms with Gasteiger partial charge in [-0.25, -0.2) is 0 Å². The van der Waals surface area contributed by atoms with Gasteiger partial charge in [0.1, 0.15) is 0 Å². The van der Waals surface area contributed by atoms with Crippen molar-refractivity contribution in [1.29, 1.82) is 0 Å². The number of hydrogen-bond acceptors (Lipinski definition) is 3. The van der Waals surface area contributed by atoms with E-state index in [2.05, 4.69) is 16.0 Å². The fourth-order valence-electron chi connectivity index (χ4n) is 2.02. The smallest absolute Gasteiger partial charge is 0.269 e. The third-order valence-electron chi connectivity index (χ3n) is 3.37. The van der Waals surface area contributed by atoms with Crippen LogP contribution in [0, 0.1) is 13.8 Å². The van der Waals surface area contributed by atoms with Crippen LogP contribution in [-0.2, 0) is 11.8 Å². The molecule has 0 radical (unpaired) electrons. The summed E-state index contributed by atoms with van der Waals surface area (Å²) < 4.78 is 1.75. The summed E-state index contributed by atoms with van der Waals surface area (Å²) in [6, 6.07) is 6.35. The Balaban J connectivity index is 1.93. The maximum Gasteiger partial charge on any atom is 0.269 e. The molecule has 2 rings (SSSR count). The van der Waals surface area contributed by atoms with Crippen molar-refractivity contribution in [1.82, 2.24) is 20.6 Å². The van der Waals surface area contributed by atoms with E-state index < -0.39 is 11.8 Å². The van der Waals surface area contributed by atoms with Crippen LogP contribution in [0.2, 0.25) is 5.02 Å². The monoisotopic (exact) mass is 332 g/mol. The van der Waals surface area contributed by atoms with Crippen molar-refractivity contribution >= 4 is 29.5 Å². The number of aromatic nitrogens is 2. The molecule has 1 heterocycles. The summed E-state index contributed by atoms with van der Waals surface area (Å²) in [5.74, 6) is -0.855. The number of carbonyl (C=O) groups excluding carboxylic acids is 2. The SMILES string of the molecule is Cc1nn(C)c(C)c1/C=C/C(=O)NNC(=O)c1ccc(Cl)cc1. The second kappa shape index (κ2) is 7.11. The highest BCUT2D eigenvalue weighted by atomic mass is 35.5. The van der Waals surface area contributed by atoms with Crippen molar-refractivity contribution in [3.05, 3.63) is 57.9 Å². The molecule has 0 atom stereocenters. The molecular formula is C16H17ClN4O2. The minimum absolute atomic E-state index is 0.401. The number of rotatable bonds is 3. The molecule has 23 heavy (non-hydrogen) atoms. The largest absolute Gasteiger partial charge is 0.272 e. The van der Waals surface area contributed by atoms with Crippen molar-refractivity contribution in [2.24, 2.45) is 7.05 Å². The molecule has 0 unspecified atom stereocenters. The first-order valence-corrected chi connectivity index (χ1v) is 7.30. The first kappa shape index (κ1) is 16.8. The minimum atomic E-state index is -0.435. The molecule has 0 saturated heterocycles. The maximum atomic E-state index is 11.8. The average molecular weight is 333 g/mol. The summed E-state index contributed by atoms with van der Waals surface area (Å²) in [7, 11) is 1.84. The number of halogens is 1. The highest BCUT2D eigenvalue weighted by Crippen LogP contribution is 2.13. The Bertz CT molecular complexity index is 763. The highest BCUT2D eigenvalue weighted by Gasteiger charge is 2.08. The van der Waals surface area contributed by atoms with E-state index in [0.29, 0.717) is 10.6 Å². The van der Waals surface area contributed by atoms with Crippen LogP contribution in [0.1, 0.15) is 27.3 Å². The van der Waals surface area contributed by atoms with Gasteiger partial charge in [-0.1, -0.05) is 11.6 Å². The molecule has 2 aromatic rings. The lowest BCUT2D eigenvalue weighted by Gasteiger charge is -2.05. The summed E-state index contributed by atoms with van der Waals surface area (Å²) in [5, 5.41) is 4.80. The quantitative estimate of drug-likeness (QED) is 0.668. The zero-order valence-electron chi connectivity index (χ0n) is 13.1. The fourth-order valence-corrected chi connectivity index (χ4v) is 2.15. The first-order chi connectivity index (χ1) is 10.9. The van der Waals surface area contributed by atoms with Crippen LogP contribution in [-0.4, -0.2) is 21.6 Å². The summed E-state index contributed by atoms with van der Waals surface area (Å²) >= 11 is 5.75. The molecule has 7 heteroatoms. The number of nitrogens with zero attached hydrogens (tertiary/aromatic N) is 2. The molecule has 0 bridgehead atoms. The van der Waals surface area contributed by atoms with E-state index in [4.69, 9.17) is 11.6 Å². The summed E-state index contributed by atoms with van der Waals surface area (Å²) in [4.78, 5) is 23.6. The number of carbonyl (C=O) groups is 2. The number of hydrazine groups is 1. The van der Waals surface area contributed by atoms with Gasteiger partial charge >= 0.3 is 0 Å². The van der Waals surface area contributed by atoms with Crippen LogP contribution in [0.5, 0.6) is 0 Å². The van der Waals surface area contributed by atoms with Gasteiger partial charge < -0.3 is 0 Å². The molecule has 0 aliphatic heterocycles. The van der Waals surface area contributed by atoms with Crippen LogP contribution in [0.15, 0.2) is 30.3 Å². The van der Waals surface area contributed by atoms with Gasteiger partial charge in [0, 0.05) is 35.0 Å². The van der Waals surface area contributed by atoms with E-state index in [1.54, 1.807) is 35.0 Å². The van der Waals surface area contributed by atoms with E-state index in [1.165, 1.54) is 6.08 Å². The molecule has 6 nitrogen and oxygen atoms in total. The lowest BCUT2D eigenvalue weighted by molar-refractivity contribution is -0.117. The second-order valence-electron chi connectivity index (χ2n) is 4.99. The molecule has 0 spiro atoms. The first-order valence-electron chi connectivity index (χ1n) is 6.92. The maximum absolute atomic E-state index is 11.8. The number of nitrogens with one attached hydrogen (secondary N) is 2.